The Kier molecular flexibility index (Phi) is 6.21. The van der Waals surface area contributed by atoms with E-state index in [2.05, 4.69) is 53.2 Å². The van der Waals surface area contributed by atoms with Crippen LogP contribution in [-0.2, 0) is 16.8 Å². The predicted octanol–water partition coefficient (Wildman–Crippen LogP) is 3.50. The molecule has 0 amide bonds. The molecule has 27 heavy (non-hydrogen) atoms. The van der Waals surface area contributed by atoms with Gasteiger partial charge in [0.25, 0.3) is 5.89 Å². The van der Waals surface area contributed by atoms with Crippen LogP contribution in [0.1, 0.15) is 50.9 Å². The molecule has 148 valence electrons. The maximum absolute atomic E-state index is 6.42. The zero-order valence-corrected chi connectivity index (χ0v) is 16.9. The number of benzene rings is 1. The summed E-state index contributed by atoms with van der Waals surface area (Å²) in [5.74, 6) is 1.20. The lowest BCUT2D eigenvalue weighted by Gasteiger charge is -2.35. The van der Waals surface area contributed by atoms with Gasteiger partial charge in [0, 0.05) is 25.2 Å². The molecule has 2 heterocycles. The van der Waals surface area contributed by atoms with E-state index < -0.39 is 5.54 Å². The minimum absolute atomic E-state index is 0. The molecule has 2 aliphatic rings. The van der Waals surface area contributed by atoms with Crippen molar-refractivity contribution < 1.29 is 9.26 Å². The fourth-order valence-corrected chi connectivity index (χ4v) is 4.20. The SMILES string of the molecule is CC1CN(Cc2ccc(-c3nc(C4(N)CCCC4)no3)cc2)CC(C)O1.Cl. The Morgan fingerprint density at radius 3 is 2.37 bits per heavy atom. The second kappa shape index (κ2) is 8.27. The molecule has 2 aromatic rings. The van der Waals surface area contributed by atoms with Crippen LogP contribution in [-0.4, -0.2) is 40.3 Å². The van der Waals surface area contributed by atoms with E-state index in [1.54, 1.807) is 0 Å². The Hall–Kier alpha value is -1.47. The first-order valence-corrected chi connectivity index (χ1v) is 9.62. The van der Waals surface area contributed by atoms with Gasteiger partial charge in [-0.15, -0.1) is 12.4 Å². The number of ether oxygens (including phenoxy) is 1. The first-order valence-electron chi connectivity index (χ1n) is 9.62. The third-order valence-electron chi connectivity index (χ3n) is 5.47. The van der Waals surface area contributed by atoms with Crippen LogP contribution in [0.3, 0.4) is 0 Å². The topological polar surface area (TPSA) is 77.4 Å². The lowest BCUT2D eigenvalue weighted by atomic mass is 9.98. The van der Waals surface area contributed by atoms with E-state index in [-0.39, 0.29) is 24.6 Å². The highest BCUT2D eigenvalue weighted by atomic mass is 35.5. The van der Waals surface area contributed by atoms with Crippen molar-refractivity contribution in [2.45, 2.75) is 63.8 Å². The summed E-state index contributed by atoms with van der Waals surface area (Å²) in [4.78, 5) is 7.01. The maximum atomic E-state index is 6.42. The summed E-state index contributed by atoms with van der Waals surface area (Å²) in [6.07, 6.45) is 4.70. The zero-order chi connectivity index (χ0) is 18.1. The van der Waals surface area contributed by atoms with Gasteiger partial charge in [-0.05, 0) is 44.4 Å². The van der Waals surface area contributed by atoms with E-state index in [0.29, 0.717) is 11.7 Å². The van der Waals surface area contributed by atoms with Crippen molar-refractivity contribution in [2.24, 2.45) is 5.73 Å². The lowest BCUT2D eigenvalue weighted by molar-refractivity contribution is -0.0704. The van der Waals surface area contributed by atoms with Crippen molar-refractivity contribution in [1.82, 2.24) is 15.0 Å². The van der Waals surface area contributed by atoms with Crippen molar-refractivity contribution in [2.75, 3.05) is 13.1 Å². The molecule has 2 atom stereocenters. The highest BCUT2D eigenvalue weighted by molar-refractivity contribution is 5.85. The molecule has 2 unspecified atom stereocenters. The summed E-state index contributed by atoms with van der Waals surface area (Å²) in [5, 5.41) is 4.15. The molecule has 4 rings (SSSR count). The van der Waals surface area contributed by atoms with Gasteiger partial charge in [-0.1, -0.05) is 30.1 Å². The molecule has 0 spiro atoms. The van der Waals surface area contributed by atoms with Gasteiger partial charge in [-0.25, -0.2) is 0 Å². The minimum atomic E-state index is -0.411. The molecule has 2 N–H and O–H groups in total. The molecule has 6 nitrogen and oxygen atoms in total. The maximum Gasteiger partial charge on any atom is 0.257 e. The Morgan fingerprint density at radius 1 is 1.11 bits per heavy atom. The Morgan fingerprint density at radius 2 is 1.74 bits per heavy atom. The number of hydrogen-bond acceptors (Lipinski definition) is 6. The molecule has 2 fully saturated rings. The van der Waals surface area contributed by atoms with Crippen LogP contribution in [0.2, 0.25) is 0 Å². The minimum Gasteiger partial charge on any atom is -0.373 e. The number of hydrogen-bond donors (Lipinski definition) is 1. The van der Waals surface area contributed by atoms with Gasteiger partial charge in [-0.2, -0.15) is 4.98 Å². The first kappa shape index (κ1) is 20.3. The highest BCUT2D eigenvalue weighted by Gasteiger charge is 2.36. The van der Waals surface area contributed by atoms with Gasteiger partial charge in [0.15, 0.2) is 5.82 Å². The quantitative estimate of drug-likeness (QED) is 0.858. The molecule has 1 aliphatic carbocycles. The number of halogens is 1. The second-order valence-corrected chi connectivity index (χ2v) is 7.93. The van der Waals surface area contributed by atoms with Crippen LogP contribution >= 0.6 is 12.4 Å². The molecule has 0 radical (unpaired) electrons. The Labute approximate surface area is 166 Å². The Balaban J connectivity index is 0.00000210. The molecule has 7 heteroatoms. The normalized spacial score (nSPS) is 25.3. The molecule has 1 aromatic carbocycles. The van der Waals surface area contributed by atoms with Crippen molar-refractivity contribution in [3.63, 3.8) is 0 Å². The van der Waals surface area contributed by atoms with Crippen LogP contribution in [0.4, 0.5) is 0 Å². The molecule has 0 bridgehead atoms. The van der Waals surface area contributed by atoms with Gasteiger partial charge >= 0.3 is 0 Å². The summed E-state index contributed by atoms with van der Waals surface area (Å²) in [5.41, 5.74) is 8.23. The van der Waals surface area contributed by atoms with Crippen LogP contribution in [0, 0.1) is 0 Å². The molecule has 1 aromatic heterocycles. The number of nitrogens with zero attached hydrogens (tertiary/aromatic N) is 3. The lowest BCUT2D eigenvalue weighted by Crippen LogP contribution is -2.44. The molecule has 1 saturated carbocycles. The van der Waals surface area contributed by atoms with E-state index in [1.807, 2.05) is 0 Å². The van der Waals surface area contributed by atoms with Gasteiger partial charge < -0.3 is 15.0 Å². The van der Waals surface area contributed by atoms with Gasteiger partial charge in [0.2, 0.25) is 0 Å². The van der Waals surface area contributed by atoms with Crippen LogP contribution < -0.4 is 5.73 Å². The standard InChI is InChI=1S/C20H28N4O2.ClH/c1-14-11-24(12-15(2)25-14)13-16-5-7-17(8-6-16)18-22-19(23-26-18)20(21)9-3-4-10-20;/h5-8,14-15H,3-4,9-13,21H2,1-2H3;1H. The summed E-state index contributed by atoms with van der Waals surface area (Å²) in [6.45, 7) is 7.13. The molecule has 1 aliphatic heterocycles. The fraction of sp³-hybridized carbons (Fsp3) is 0.600. The van der Waals surface area contributed by atoms with Crippen molar-refractivity contribution >= 4 is 12.4 Å². The van der Waals surface area contributed by atoms with E-state index >= 15 is 0 Å². The van der Waals surface area contributed by atoms with E-state index in [0.717, 1.165) is 50.9 Å². The Bertz CT molecular complexity index is 733. The molecular weight excluding hydrogens is 364 g/mol. The molecular formula is C20H29ClN4O2. The first-order chi connectivity index (χ1) is 12.5. The summed E-state index contributed by atoms with van der Waals surface area (Å²) in [7, 11) is 0. The van der Waals surface area contributed by atoms with E-state index in [9.17, 15) is 0 Å². The summed E-state index contributed by atoms with van der Waals surface area (Å²) in [6, 6.07) is 8.38. The number of morpholine rings is 1. The monoisotopic (exact) mass is 392 g/mol. The second-order valence-electron chi connectivity index (χ2n) is 7.93. The van der Waals surface area contributed by atoms with E-state index in [4.69, 9.17) is 15.0 Å². The van der Waals surface area contributed by atoms with Crippen molar-refractivity contribution in [3.8, 4) is 11.5 Å². The highest BCUT2D eigenvalue weighted by Crippen LogP contribution is 2.35. The average molecular weight is 393 g/mol. The number of aromatic nitrogens is 2. The fourth-order valence-electron chi connectivity index (χ4n) is 4.20. The number of rotatable bonds is 4. The van der Waals surface area contributed by atoms with Crippen LogP contribution in [0.25, 0.3) is 11.5 Å². The van der Waals surface area contributed by atoms with Gasteiger partial charge in [0.1, 0.15) is 0 Å². The third-order valence-corrected chi connectivity index (χ3v) is 5.47. The van der Waals surface area contributed by atoms with Gasteiger partial charge in [0.05, 0.1) is 17.7 Å². The van der Waals surface area contributed by atoms with Gasteiger partial charge in [-0.3, -0.25) is 4.90 Å². The summed E-state index contributed by atoms with van der Waals surface area (Å²) < 4.78 is 11.3. The summed E-state index contributed by atoms with van der Waals surface area (Å²) >= 11 is 0. The third kappa shape index (κ3) is 4.51. The van der Waals surface area contributed by atoms with Crippen molar-refractivity contribution in [1.29, 1.82) is 0 Å². The van der Waals surface area contributed by atoms with Crippen LogP contribution in [0.5, 0.6) is 0 Å². The van der Waals surface area contributed by atoms with Crippen LogP contribution in [0.15, 0.2) is 28.8 Å². The smallest absolute Gasteiger partial charge is 0.257 e. The zero-order valence-electron chi connectivity index (χ0n) is 16.1. The van der Waals surface area contributed by atoms with Crippen molar-refractivity contribution in [3.05, 3.63) is 35.7 Å². The molecule has 1 saturated heterocycles. The largest absolute Gasteiger partial charge is 0.373 e. The predicted molar refractivity (Wildman–Crippen MR) is 107 cm³/mol. The van der Waals surface area contributed by atoms with E-state index in [1.165, 1.54) is 5.56 Å². The average Bonchev–Trinajstić information content (AvgIpc) is 3.25. The number of nitrogens with two attached hydrogens (primary N) is 1.